The topological polar surface area (TPSA) is 36.5 Å². The van der Waals surface area contributed by atoms with Crippen LogP contribution in [0.15, 0.2) is 0 Å². The van der Waals surface area contributed by atoms with E-state index in [1.807, 2.05) is 7.11 Å². The van der Waals surface area contributed by atoms with Crippen molar-refractivity contribution < 1.29 is 4.74 Å². The maximum Gasteiger partial charge on any atom is 0.0622 e. The van der Waals surface area contributed by atoms with Gasteiger partial charge >= 0.3 is 0 Å². The monoisotopic (exact) mass is 299 g/mol. The highest BCUT2D eigenvalue weighted by molar-refractivity contribution is 4.74. The van der Waals surface area contributed by atoms with E-state index in [1.165, 1.54) is 32.5 Å². The first-order valence-electron chi connectivity index (χ1n) is 8.66. The summed E-state index contributed by atoms with van der Waals surface area (Å²) in [6.45, 7) is 16.0. The third-order valence-electron chi connectivity index (χ3n) is 4.95. The Hall–Kier alpha value is -0.160. The van der Waals surface area contributed by atoms with Gasteiger partial charge in [-0.25, -0.2) is 0 Å². The van der Waals surface area contributed by atoms with Crippen molar-refractivity contribution in [3.8, 4) is 0 Å². The van der Waals surface area contributed by atoms with Crippen molar-refractivity contribution in [1.82, 2.24) is 15.5 Å². The molecule has 126 valence electrons. The van der Waals surface area contributed by atoms with Crippen molar-refractivity contribution in [2.45, 2.75) is 58.6 Å². The van der Waals surface area contributed by atoms with Crippen LogP contribution in [0.5, 0.6) is 0 Å². The molecule has 1 fully saturated rings. The van der Waals surface area contributed by atoms with E-state index in [-0.39, 0.29) is 5.60 Å². The maximum absolute atomic E-state index is 5.49. The number of nitrogens with one attached hydrogen (secondary N) is 2. The van der Waals surface area contributed by atoms with Crippen LogP contribution in [-0.2, 0) is 4.74 Å². The fraction of sp³-hybridized carbons (Fsp3) is 1.00. The third kappa shape index (κ3) is 8.15. The quantitative estimate of drug-likeness (QED) is 0.648. The Kier molecular flexibility index (Phi) is 8.79. The summed E-state index contributed by atoms with van der Waals surface area (Å²) in [4.78, 5) is 2.54. The minimum Gasteiger partial charge on any atom is -0.379 e. The second-order valence-electron chi connectivity index (χ2n) is 7.17. The summed E-state index contributed by atoms with van der Waals surface area (Å²) in [5.41, 5.74) is 0.0265. The third-order valence-corrected chi connectivity index (χ3v) is 4.95. The predicted octanol–water partition coefficient (Wildman–Crippen LogP) is 2.10. The van der Waals surface area contributed by atoms with Gasteiger partial charge in [-0.3, -0.25) is 4.90 Å². The highest BCUT2D eigenvalue weighted by Crippen LogP contribution is 2.20. The predicted molar refractivity (Wildman–Crippen MR) is 90.9 cm³/mol. The van der Waals surface area contributed by atoms with Gasteiger partial charge in [-0.1, -0.05) is 13.3 Å². The molecule has 0 aromatic rings. The normalized spacial score (nSPS) is 20.4. The summed E-state index contributed by atoms with van der Waals surface area (Å²) in [5, 5.41) is 7.10. The van der Waals surface area contributed by atoms with Crippen LogP contribution in [0, 0.1) is 5.92 Å². The standard InChI is InChI=1S/C17H37N3O/c1-15(7-6-8-17(3,4)21-5)16(2)19-11-14-20-12-9-18-10-13-20/h15-16,18-19H,6-14H2,1-5H3/t15-,16-/m1/s1. The van der Waals surface area contributed by atoms with Gasteiger partial charge in [0, 0.05) is 52.4 Å². The second kappa shape index (κ2) is 9.78. The number of hydrogen-bond donors (Lipinski definition) is 2. The molecule has 4 nitrogen and oxygen atoms in total. The highest BCUT2D eigenvalue weighted by atomic mass is 16.5. The molecule has 0 spiro atoms. The zero-order valence-corrected chi connectivity index (χ0v) is 14.9. The van der Waals surface area contributed by atoms with E-state index in [4.69, 9.17) is 4.74 Å². The minimum atomic E-state index is 0.0265. The fourth-order valence-electron chi connectivity index (χ4n) is 2.79. The molecule has 4 heteroatoms. The zero-order valence-electron chi connectivity index (χ0n) is 14.9. The SMILES string of the molecule is COC(C)(C)CCC[C@@H](C)[C@@H](C)NCCN1CCNCC1. The van der Waals surface area contributed by atoms with E-state index in [9.17, 15) is 0 Å². The molecule has 1 aliphatic rings. The molecule has 0 aromatic heterocycles. The number of rotatable bonds is 10. The number of hydrogen-bond acceptors (Lipinski definition) is 4. The Morgan fingerprint density at radius 3 is 2.52 bits per heavy atom. The van der Waals surface area contributed by atoms with Gasteiger partial charge in [-0.2, -0.15) is 0 Å². The average Bonchev–Trinajstić information content (AvgIpc) is 2.48. The first kappa shape index (κ1) is 18.9. The molecule has 21 heavy (non-hydrogen) atoms. The molecule has 0 unspecified atom stereocenters. The van der Waals surface area contributed by atoms with Crippen LogP contribution < -0.4 is 10.6 Å². The molecule has 2 N–H and O–H groups in total. The lowest BCUT2D eigenvalue weighted by Gasteiger charge is -2.29. The van der Waals surface area contributed by atoms with Crippen molar-refractivity contribution in [3.05, 3.63) is 0 Å². The number of piperazine rings is 1. The summed E-state index contributed by atoms with van der Waals surface area (Å²) < 4.78 is 5.49. The largest absolute Gasteiger partial charge is 0.379 e. The Bertz CT molecular complexity index is 265. The lowest BCUT2D eigenvalue weighted by Crippen LogP contribution is -2.47. The van der Waals surface area contributed by atoms with Gasteiger partial charge in [-0.05, 0) is 39.5 Å². The highest BCUT2D eigenvalue weighted by Gasteiger charge is 2.18. The molecular formula is C17H37N3O. The van der Waals surface area contributed by atoms with Gasteiger partial charge in [0.05, 0.1) is 5.60 Å². The molecule has 1 aliphatic heterocycles. The summed E-state index contributed by atoms with van der Waals surface area (Å²) in [5.74, 6) is 0.723. The molecule has 1 rings (SSSR count). The number of methoxy groups -OCH3 is 1. The zero-order chi connectivity index (χ0) is 15.7. The van der Waals surface area contributed by atoms with Crippen LogP contribution in [0.4, 0.5) is 0 Å². The van der Waals surface area contributed by atoms with E-state index >= 15 is 0 Å². The average molecular weight is 300 g/mol. The van der Waals surface area contributed by atoms with E-state index in [0.717, 1.165) is 32.0 Å². The minimum absolute atomic E-state index is 0.0265. The van der Waals surface area contributed by atoms with Gasteiger partial charge in [0.25, 0.3) is 0 Å². The molecule has 2 atom stereocenters. The Morgan fingerprint density at radius 2 is 1.90 bits per heavy atom. The summed E-state index contributed by atoms with van der Waals surface area (Å²) >= 11 is 0. The Balaban J connectivity index is 2.08. The maximum atomic E-state index is 5.49. The Labute approximate surface area is 132 Å². The fourth-order valence-corrected chi connectivity index (χ4v) is 2.79. The van der Waals surface area contributed by atoms with Gasteiger partial charge in [0.15, 0.2) is 0 Å². The molecule has 0 aliphatic carbocycles. The van der Waals surface area contributed by atoms with Crippen LogP contribution in [-0.4, -0.2) is 62.9 Å². The van der Waals surface area contributed by atoms with E-state index < -0.39 is 0 Å². The molecule has 0 saturated carbocycles. The lowest BCUT2D eigenvalue weighted by atomic mass is 9.93. The molecule has 0 aromatic carbocycles. The van der Waals surface area contributed by atoms with Crippen molar-refractivity contribution in [3.63, 3.8) is 0 Å². The smallest absolute Gasteiger partial charge is 0.0622 e. The molecule has 1 saturated heterocycles. The van der Waals surface area contributed by atoms with Gasteiger partial charge in [0.2, 0.25) is 0 Å². The van der Waals surface area contributed by atoms with E-state index in [2.05, 4.69) is 43.2 Å². The molecule has 0 bridgehead atoms. The van der Waals surface area contributed by atoms with Crippen molar-refractivity contribution in [1.29, 1.82) is 0 Å². The second-order valence-corrected chi connectivity index (χ2v) is 7.17. The van der Waals surface area contributed by atoms with Crippen molar-refractivity contribution >= 4 is 0 Å². The van der Waals surface area contributed by atoms with Crippen LogP contribution in [0.3, 0.4) is 0 Å². The first-order valence-corrected chi connectivity index (χ1v) is 8.66. The van der Waals surface area contributed by atoms with Crippen LogP contribution in [0.25, 0.3) is 0 Å². The van der Waals surface area contributed by atoms with Crippen molar-refractivity contribution in [2.75, 3.05) is 46.4 Å². The van der Waals surface area contributed by atoms with Crippen molar-refractivity contribution in [2.24, 2.45) is 5.92 Å². The summed E-state index contributed by atoms with van der Waals surface area (Å²) in [6.07, 6.45) is 3.65. The van der Waals surface area contributed by atoms with E-state index in [0.29, 0.717) is 6.04 Å². The molecular weight excluding hydrogens is 262 g/mol. The van der Waals surface area contributed by atoms with Gasteiger partial charge < -0.3 is 15.4 Å². The van der Waals surface area contributed by atoms with Gasteiger partial charge in [-0.15, -0.1) is 0 Å². The molecule has 0 radical (unpaired) electrons. The Morgan fingerprint density at radius 1 is 1.24 bits per heavy atom. The molecule has 0 amide bonds. The van der Waals surface area contributed by atoms with E-state index in [1.54, 1.807) is 0 Å². The first-order chi connectivity index (χ1) is 9.94. The molecule has 1 heterocycles. The lowest BCUT2D eigenvalue weighted by molar-refractivity contribution is 0.0125. The summed E-state index contributed by atoms with van der Waals surface area (Å²) in [7, 11) is 1.81. The van der Waals surface area contributed by atoms with Crippen LogP contribution in [0.1, 0.15) is 47.0 Å². The van der Waals surface area contributed by atoms with Gasteiger partial charge in [0.1, 0.15) is 0 Å². The number of nitrogens with zero attached hydrogens (tertiary/aromatic N) is 1. The number of ether oxygens (including phenoxy) is 1. The summed E-state index contributed by atoms with van der Waals surface area (Å²) in [6, 6.07) is 0.596. The van der Waals surface area contributed by atoms with Crippen LogP contribution >= 0.6 is 0 Å². The van der Waals surface area contributed by atoms with Crippen LogP contribution in [0.2, 0.25) is 0 Å².